The quantitative estimate of drug-likeness (QED) is 0.772. The lowest BCUT2D eigenvalue weighted by atomic mass is 10.2. The number of carboxylic acid groups (broad SMARTS) is 1. The van der Waals surface area contributed by atoms with Gasteiger partial charge in [0.25, 0.3) is 0 Å². The van der Waals surface area contributed by atoms with Gasteiger partial charge in [-0.2, -0.15) is 5.10 Å². The fraction of sp³-hybridized carbons (Fsp3) is 0.308. The van der Waals surface area contributed by atoms with Crippen LogP contribution in [0.2, 0.25) is 0 Å². The van der Waals surface area contributed by atoms with Crippen LogP contribution in [0, 0.1) is 0 Å². The number of hydrogen-bond donors (Lipinski definition) is 1. The third-order valence-electron chi connectivity index (χ3n) is 3.44. The summed E-state index contributed by atoms with van der Waals surface area (Å²) in [6.45, 7) is 0.866. The summed E-state index contributed by atoms with van der Waals surface area (Å²) in [6, 6.07) is 7.84. The van der Waals surface area contributed by atoms with E-state index in [0.717, 1.165) is 17.3 Å². The number of aromatic nitrogens is 2. The highest BCUT2D eigenvalue weighted by Gasteiger charge is 2.31. The number of aliphatic carboxylic acids is 1. The van der Waals surface area contributed by atoms with Crippen molar-refractivity contribution < 1.29 is 14.7 Å². The molecule has 1 aliphatic heterocycles. The number of carbonyl (C=O) groups is 2. The number of fused-ring (bicyclic) bond motifs is 1. The van der Waals surface area contributed by atoms with E-state index in [1.165, 1.54) is 4.90 Å². The first kappa shape index (κ1) is 11.7. The van der Waals surface area contributed by atoms with Crippen LogP contribution in [-0.2, 0) is 9.59 Å². The van der Waals surface area contributed by atoms with Gasteiger partial charge in [0.15, 0.2) is 0 Å². The molecular formula is C13H13N3O3. The number of benzene rings is 1. The summed E-state index contributed by atoms with van der Waals surface area (Å²) in [5.41, 5.74) is 0.908. The summed E-state index contributed by atoms with van der Waals surface area (Å²) in [7, 11) is 0. The Hall–Kier alpha value is -2.37. The van der Waals surface area contributed by atoms with Crippen molar-refractivity contribution in [3.05, 3.63) is 30.5 Å². The molecule has 0 aliphatic carbocycles. The second kappa shape index (κ2) is 4.38. The number of hydrogen-bond acceptors (Lipinski definition) is 3. The lowest BCUT2D eigenvalue weighted by Gasteiger charge is -2.13. The van der Waals surface area contributed by atoms with Gasteiger partial charge >= 0.3 is 11.9 Å². The number of amides is 1. The Kier molecular flexibility index (Phi) is 2.70. The normalized spacial score (nSPS) is 18.9. The van der Waals surface area contributed by atoms with E-state index in [-0.39, 0.29) is 6.04 Å². The van der Waals surface area contributed by atoms with Gasteiger partial charge in [0.2, 0.25) is 0 Å². The molecule has 0 bridgehead atoms. The second-order valence-corrected chi connectivity index (χ2v) is 4.67. The molecule has 98 valence electrons. The number of carbonyl (C=O) groups excluding carboxylic acids is 1. The minimum absolute atomic E-state index is 0.0516. The zero-order valence-corrected chi connectivity index (χ0v) is 10.2. The summed E-state index contributed by atoms with van der Waals surface area (Å²) in [5, 5.41) is 14.2. The van der Waals surface area contributed by atoms with Gasteiger partial charge in [0, 0.05) is 24.7 Å². The minimum Gasteiger partial charge on any atom is -0.474 e. The number of carboxylic acids is 1. The molecule has 0 spiro atoms. The summed E-state index contributed by atoms with van der Waals surface area (Å²) in [6.07, 6.45) is 2.67. The van der Waals surface area contributed by atoms with E-state index in [1.54, 1.807) is 0 Å². The monoisotopic (exact) mass is 259 g/mol. The molecule has 3 rings (SSSR count). The van der Waals surface area contributed by atoms with Crippen molar-refractivity contribution in [2.45, 2.75) is 12.5 Å². The van der Waals surface area contributed by atoms with E-state index in [4.69, 9.17) is 5.11 Å². The molecule has 1 N–H and O–H groups in total. The predicted octanol–water partition coefficient (Wildman–Crippen LogP) is 0.894. The molecule has 0 saturated carbocycles. The van der Waals surface area contributed by atoms with Crippen LogP contribution in [0.4, 0.5) is 0 Å². The Morgan fingerprint density at radius 3 is 2.84 bits per heavy atom. The van der Waals surface area contributed by atoms with Gasteiger partial charge in [0.05, 0.1) is 11.6 Å². The molecule has 1 amide bonds. The van der Waals surface area contributed by atoms with Gasteiger partial charge in [-0.3, -0.25) is 9.48 Å². The molecule has 1 aromatic carbocycles. The van der Waals surface area contributed by atoms with Crippen molar-refractivity contribution in [2.75, 3.05) is 13.1 Å². The van der Waals surface area contributed by atoms with Crippen LogP contribution in [0.3, 0.4) is 0 Å². The van der Waals surface area contributed by atoms with Crippen LogP contribution in [0.15, 0.2) is 30.5 Å². The van der Waals surface area contributed by atoms with Crippen LogP contribution in [0.1, 0.15) is 12.5 Å². The Balaban J connectivity index is 1.81. The second-order valence-electron chi connectivity index (χ2n) is 4.67. The molecule has 1 saturated heterocycles. The third-order valence-corrected chi connectivity index (χ3v) is 3.44. The smallest absolute Gasteiger partial charge is 0.394 e. The standard InChI is InChI=1S/C13H13N3O3/c17-12(13(18)19)15-6-5-10(8-15)16-7-9-3-1-2-4-11(9)14-16/h1-4,7,10H,5-6,8H2,(H,18,19). The molecule has 6 nitrogen and oxygen atoms in total. The van der Waals surface area contributed by atoms with E-state index in [1.807, 2.05) is 35.1 Å². The van der Waals surface area contributed by atoms with Crippen molar-refractivity contribution in [2.24, 2.45) is 0 Å². The van der Waals surface area contributed by atoms with Gasteiger partial charge in [-0.15, -0.1) is 0 Å². The highest BCUT2D eigenvalue weighted by atomic mass is 16.4. The fourth-order valence-electron chi connectivity index (χ4n) is 2.45. The maximum absolute atomic E-state index is 11.4. The average molecular weight is 259 g/mol. The Morgan fingerprint density at radius 1 is 1.32 bits per heavy atom. The van der Waals surface area contributed by atoms with E-state index in [2.05, 4.69) is 5.10 Å². The van der Waals surface area contributed by atoms with Crippen LogP contribution in [0.5, 0.6) is 0 Å². The molecule has 1 atom stereocenters. The van der Waals surface area contributed by atoms with Crippen molar-refractivity contribution in [3.8, 4) is 0 Å². The molecule has 0 radical (unpaired) electrons. The van der Waals surface area contributed by atoms with Gasteiger partial charge in [0.1, 0.15) is 0 Å². The van der Waals surface area contributed by atoms with Crippen molar-refractivity contribution in [1.29, 1.82) is 0 Å². The highest BCUT2D eigenvalue weighted by molar-refractivity contribution is 6.31. The lowest BCUT2D eigenvalue weighted by molar-refractivity contribution is -0.155. The first-order valence-corrected chi connectivity index (χ1v) is 6.11. The molecule has 6 heteroatoms. The third kappa shape index (κ3) is 2.05. The predicted molar refractivity (Wildman–Crippen MR) is 67.6 cm³/mol. The van der Waals surface area contributed by atoms with Crippen LogP contribution in [-0.4, -0.2) is 44.8 Å². The molecular weight excluding hydrogens is 246 g/mol. The Bertz CT molecular complexity index is 616. The van der Waals surface area contributed by atoms with Gasteiger partial charge in [-0.1, -0.05) is 18.2 Å². The number of rotatable bonds is 1. The zero-order valence-electron chi connectivity index (χ0n) is 10.2. The summed E-state index contributed by atoms with van der Waals surface area (Å²) >= 11 is 0. The number of likely N-dealkylation sites (tertiary alicyclic amines) is 1. The lowest BCUT2D eigenvalue weighted by Crippen LogP contribution is -2.34. The van der Waals surface area contributed by atoms with E-state index in [9.17, 15) is 9.59 Å². The van der Waals surface area contributed by atoms with Crippen molar-refractivity contribution in [1.82, 2.24) is 14.7 Å². The number of nitrogens with zero attached hydrogens (tertiary/aromatic N) is 3. The van der Waals surface area contributed by atoms with Crippen molar-refractivity contribution >= 4 is 22.8 Å². The zero-order chi connectivity index (χ0) is 13.4. The van der Waals surface area contributed by atoms with E-state index < -0.39 is 11.9 Å². The maximum Gasteiger partial charge on any atom is 0.394 e. The summed E-state index contributed by atoms with van der Waals surface area (Å²) < 4.78 is 1.83. The van der Waals surface area contributed by atoms with Crippen molar-refractivity contribution in [3.63, 3.8) is 0 Å². The first-order chi connectivity index (χ1) is 9.15. The SMILES string of the molecule is O=C(O)C(=O)N1CCC(n2cc3ccccc3n2)C1. The molecule has 19 heavy (non-hydrogen) atoms. The molecule has 1 aromatic heterocycles. The maximum atomic E-state index is 11.4. The summed E-state index contributed by atoms with van der Waals surface area (Å²) in [4.78, 5) is 23.4. The van der Waals surface area contributed by atoms with E-state index >= 15 is 0 Å². The molecule has 2 heterocycles. The van der Waals surface area contributed by atoms with Gasteiger partial charge in [-0.25, -0.2) is 4.79 Å². The highest BCUT2D eigenvalue weighted by Crippen LogP contribution is 2.23. The Morgan fingerprint density at radius 2 is 2.11 bits per heavy atom. The molecule has 1 unspecified atom stereocenters. The average Bonchev–Trinajstić information content (AvgIpc) is 3.03. The van der Waals surface area contributed by atoms with Gasteiger partial charge < -0.3 is 10.0 Å². The molecule has 1 fully saturated rings. The molecule has 2 aromatic rings. The largest absolute Gasteiger partial charge is 0.474 e. The summed E-state index contributed by atoms with van der Waals surface area (Å²) in [5.74, 6) is -2.23. The van der Waals surface area contributed by atoms with Crippen LogP contribution < -0.4 is 0 Å². The molecule has 1 aliphatic rings. The Labute approximate surface area is 109 Å². The fourth-order valence-corrected chi connectivity index (χ4v) is 2.45. The van der Waals surface area contributed by atoms with Crippen LogP contribution in [0.25, 0.3) is 10.9 Å². The minimum atomic E-state index is -1.40. The van der Waals surface area contributed by atoms with E-state index in [0.29, 0.717) is 13.1 Å². The topological polar surface area (TPSA) is 75.4 Å². The first-order valence-electron chi connectivity index (χ1n) is 6.11. The van der Waals surface area contributed by atoms with Gasteiger partial charge in [-0.05, 0) is 12.5 Å². The van der Waals surface area contributed by atoms with Crippen LogP contribution >= 0.6 is 0 Å².